The molecule has 14 N–H and O–H groups in total. The molecule has 0 radical (unpaired) electrons. The Morgan fingerprint density at radius 2 is 1.04 bits per heavy atom. The molecule has 0 amide bonds. The smallest absolute Gasteiger partial charge is 0.338 e. The Morgan fingerprint density at radius 1 is 0.537 bits per heavy atom. The van der Waals surface area contributed by atoms with E-state index in [4.69, 9.17) is 52.1 Å². The Balaban J connectivity index is 1.33. The van der Waals surface area contributed by atoms with Gasteiger partial charge in [0, 0.05) is 19.1 Å². The topological polar surface area (TPSA) is 453 Å². The molecule has 4 aliphatic rings. The third-order valence-corrected chi connectivity index (χ3v) is 13.0. The summed E-state index contributed by atoms with van der Waals surface area (Å²) in [5.74, 6) is -9.43. The fraction of sp³-hybridized carbons (Fsp3) is 0.490. The number of ether oxygens (including phenoxy) is 11. The van der Waals surface area contributed by atoms with E-state index in [1.165, 1.54) is 36.4 Å². The molecule has 29 heteroatoms. The van der Waals surface area contributed by atoms with Crippen molar-refractivity contribution in [1.82, 2.24) is 0 Å². The Labute approximate surface area is 452 Å². The zero-order chi connectivity index (χ0) is 58.2. The van der Waals surface area contributed by atoms with Crippen molar-refractivity contribution >= 4 is 36.0 Å². The molecular weight excluding hydrogens is 1080 g/mol. The van der Waals surface area contributed by atoms with Crippen LogP contribution >= 0.6 is 0 Å². The minimum Gasteiger partial charge on any atom is -0.504 e. The van der Waals surface area contributed by atoms with Crippen LogP contribution < -0.4 is 0 Å². The lowest BCUT2D eigenvalue weighted by Gasteiger charge is -2.50. The number of aliphatic hydroxyl groups is 10. The SMILES string of the molecule is CC(=O)OC[C@H]1O[C@@H](O[C@H]2[C@H](O)[C@@H](COC(=O)/C=C/c3ccc(O)c(O)c3)O[C@H](O[C@]3(COC(=O)/C=C/c4ccc(O)c(O)c4)O[C@H](CO)[C@@H](O)[C@@H]3OC(=O)c3ccccc3)[C@@H]2O[C@@H]2O[C@H](CO)[C@@H](O)[C@H](O)[C@H]2O)[C@H](O)[C@@H](O)[C@@H]1O. The van der Waals surface area contributed by atoms with Crippen LogP contribution in [-0.2, 0) is 66.5 Å². The molecule has 0 spiro atoms. The van der Waals surface area contributed by atoms with Gasteiger partial charge in [0.2, 0.25) is 5.79 Å². The lowest BCUT2D eigenvalue weighted by atomic mass is 9.95. The van der Waals surface area contributed by atoms with Crippen molar-refractivity contribution in [3.8, 4) is 23.0 Å². The van der Waals surface area contributed by atoms with Gasteiger partial charge in [-0.05, 0) is 59.7 Å². The van der Waals surface area contributed by atoms with Crippen LogP contribution in [-0.4, -0.2) is 245 Å². The number of hydrogen-bond donors (Lipinski definition) is 14. The standard InChI is InChI=1S/C51H60O29/c1-22(54)70-19-32-37(62)41(66)43(68)49(74-32)76-44-38(63)33(20-71-34(59)13-9-23-7-11-26(55)28(57)15-23)75-50(45(44)77-48-42(67)40(65)36(61)30(17-52)73-48)80-51(21-72-35(60)14-10-24-8-12-27(56)29(58)16-24)46(39(64)31(18-53)79-51)78-47(69)25-5-3-2-4-6-25/h2-16,30-33,36-46,48-50,52-53,55-58,61-68H,17-21H2,1H3/b13-9+,14-10+/t30-,31-,32-,33-,36-,37-,38-,39-,40+,41+,42-,43-,44+,45-,46+,48+,49+,50-,51+/m1/s1. The number of benzene rings is 3. The Kier molecular flexibility index (Phi) is 20.5. The first-order valence-electron chi connectivity index (χ1n) is 24.5. The second-order valence-corrected chi connectivity index (χ2v) is 18.6. The van der Waals surface area contributed by atoms with Gasteiger partial charge < -0.3 is 124 Å². The summed E-state index contributed by atoms with van der Waals surface area (Å²) in [6.07, 6.45) is -34.0. The number of carbonyl (C=O) groups is 4. The number of esters is 4. The van der Waals surface area contributed by atoms with Crippen molar-refractivity contribution in [2.75, 3.05) is 33.0 Å². The monoisotopic (exact) mass is 1140 g/mol. The van der Waals surface area contributed by atoms with Crippen LogP contribution in [0.4, 0.5) is 0 Å². The van der Waals surface area contributed by atoms with Crippen LogP contribution in [0.25, 0.3) is 12.2 Å². The van der Waals surface area contributed by atoms with E-state index in [0.29, 0.717) is 0 Å². The van der Waals surface area contributed by atoms with E-state index >= 15 is 0 Å². The second-order valence-electron chi connectivity index (χ2n) is 18.6. The van der Waals surface area contributed by atoms with E-state index in [-0.39, 0.29) is 16.7 Å². The fourth-order valence-corrected chi connectivity index (χ4v) is 8.68. The molecule has 0 aromatic heterocycles. The van der Waals surface area contributed by atoms with Gasteiger partial charge in [0.05, 0.1) is 18.8 Å². The van der Waals surface area contributed by atoms with Crippen LogP contribution in [0.3, 0.4) is 0 Å². The lowest BCUT2D eigenvalue weighted by Crippen LogP contribution is -2.68. The molecule has 4 heterocycles. The predicted molar refractivity (Wildman–Crippen MR) is 258 cm³/mol. The summed E-state index contributed by atoms with van der Waals surface area (Å²) in [6.45, 7) is -4.12. The summed E-state index contributed by atoms with van der Waals surface area (Å²) < 4.78 is 64.2. The highest BCUT2D eigenvalue weighted by Crippen LogP contribution is 2.42. The molecule has 0 unspecified atom stereocenters. The molecule has 3 aromatic carbocycles. The summed E-state index contributed by atoms with van der Waals surface area (Å²) in [7, 11) is 0. The number of carbonyl (C=O) groups excluding carboxylic acids is 4. The van der Waals surface area contributed by atoms with Crippen molar-refractivity contribution in [3.63, 3.8) is 0 Å². The lowest BCUT2D eigenvalue weighted by molar-refractivity contribution is -0.421. The van der Waals surface area contributed by atoms with Gasteiger partial charge in [-0.25, -0.2) is 14.4 Å². The average molecular weight is 1140 g/mol. The Morgan fingerprint density at radius 3 is 1.59 bits per heavy atom. The van der Waals surface area contributed by atoms with E-state index in [0.717, 1.165) is 55.5 Å². The normalized spacial score (nSPS) is 34.5. The molecule has 4 fully saturated rings. The maximum Gasteiger partial charge on any atom is 0.338 e. The minimum absolute atomic E-state index is 0.129. The third kappa shape index (κ3) is 14.3. The van der Waals surface area contributed by atoms with Crippen LogP contribution in [0.2, 0.25) is 0 Å². The van der Waals surface area contributed by atoms with Crippen molar-refractivity contribution in [2.24, 2.45) is 0 Å². The van der Waals surface area contributed by atoms with Crippen molar-refractivity contribution in [3.05, 3.63) is 95.6 Å². The van der Waals surface area contributed by atoms with Crippen LogP contribution in [0.5, 0.6) is 23.0 Å². The van der Waals surface area contributed by atoms with Gasteiger partial charge in [0.15, 0.2) is 48.0 Å². The van der Waals surface area contributed by atoms with E-state index in [1.54, 1.807) is 6.07 Å². The largest absolute Gasteiger partial charge is 0.504 e. The number of aliphatic hydroxyl groups excluding tert-OH is 10. The molecule has 19 atom stereocenters. The number of aromatic hydroxyl groups is 4. The molecule has 0 saturated carbocycles. The summed E-state index contributed by atoms with van der Waals surface area (Å²) in [4.78, 5) is 52.5. The first-order valence-corrected chi connectivity index (χ1v) is 24.5. The summed E-state index contributed by atoms with van der Waals surface area (Å²) in [5, 5.41) is 150. The first-order chi connectivity index (χ1) is 38.0. The Hall–Kier alpha value is -6.46. The zero-order valence-electron chi connectivity index (χ0n) is 42.0. The third-order valence-electron chi connectivity index (χ3n) is 13.0. The van der Waals surface area contributed by atoms with Crippen LogP contribution in [0.1, 0.15) is 28.4 Å². The number of phenols is 4. The molecule has 3 aromatic rings. The molecule has 7 rings (SSSR count). The van der Waals surface area contributed by atoms with E-state index in [9.17, 15) is 90.7 Å². The number of rotatable bonds is 20. The van der Waals surface area contributed by atoms with E-state index < -0.39 is 196 Å². The summed E-state index contributed by atoms with van der Waals surface area (Å²) in [6, 6.07) is 14.1. The van der Waals surface area contributed by atoms with Crippen LogP contribution in [0, 0.1) is 0 Å². The molecule has 0 bridgehead atoms. The van der Waals surface area contributed by atoms with Gasteiger partial charge in [-0.1, -0.05) is 30.3 Å². The maximum atomic E-state index is 13.9. The molecule has 4 aliphatic heterocycles. The van der Waals surface area contributed by atoms with Crippen molar-refractivity contribution in [1.29, 1.82) is 0 Å². The highest BCUT2D eigenvalue weighted by Gasteiger charge is 2.63. The molecule has 438 valence electrons. The van der Waals surface area contributed by atoms with E-state index in [1.807, 2.05) is 0 Å². The molecule has 4 saturated heterocycles. The minimum atomic E-state index is -2.94. The zero-order valence-corrected chi connectivity index (χ0v) is 42.0. The summed E-state index contributed by atoms with van der Waals surface area (Å²) >= 11 is 0. The highest BCUT2D eigenvalue weighted by molar-refractivity contribution is 5.90. The van der Waals surface area contributed by atoms with Gasteiger partial charge >= 0.3 is 23.9 Å². The quantitative estimate of drug-likeness (QED) is 0.0222. The second kappa shape index (κ2) is 26.9. The Bertz CT molecular complexity index is 2650. The van der Waals surface area contributed by atoms with Gasteiger partial charge in [-0.15, -0.1) is 0 Å². The van der Waals surface area contributed by atoms with Crippen LogP contribution in [0.15, 0.2) is 78.9 Å². The first kappa shape index (κ1) is 61.2. The van der Waals surface area contributed by atoms with Crippen molar-refractivity contribution in [2.45, 2.75) is 123 Å². The predicted octanol–water partition coefficient (Wildman–Crippen LogP) is -3.96. The molecule has 29 nitrogen and oxygen atoms in total. The highest BCUT2D eigenvalue weighted by atomic mass is 16.8. The number of phenolic OH excluding ortho intramolecular Hbond substituents is 4. The van der Waals surface area contributed by atoms with Gasteiger partial charge in [0.1, 0.15) is 105 Å². The average Bonchev–Trinajstić information content (AvgIpc) is 3.70. The maximum absolute atomic E-state index is 13.9. The number of hydrogen-bond acceptors (Lipinski definition) is 29. The van der Waals surface area contributed by atoms with Gasteiger partial charge in [-0.3, -0.25) is 4.79 Å². The van der Waals surface area contributed by atoms with Crippen molar-refractivity contribution < 1.29 is 143 Å². The molecule has 0 aliphatic carbocycles. The van der Waals surface area contributed by atoms with Gasteiger partial charge in [-0.2, -0.15) is 0 Å². The summed E-state index contributed by atoms with van der Waals surface area (Å²) in [5.41, 5.74) is 0.221. The van der Waals surface area contributed by atoms with Gasteiger partial charge in [0.25, 0.3) is 0 Å². The molecular formula is C51H60O29. The molecule has 80 heavy (non-hydrogen) atoms. The fourth-order valence-electron chi connectivity index (χ4n) is 8.68. The van der Waals surface area contributed by atoms with E-state index in [2.05, 4.69) is 0 Å².